The van der Waals surface area contributed by atoms with E-state index in [9.17, 15) is 13.2 Å². The maximum Gasteiger partial charge on any atom is 0.240 e. The highest BCUT2D eigenvalue weighted by Gasteiger charge is 2.48. The number of carbonyl (C=O) groups is 1. The quantitative estimate of drug-likeness (QED) is 0.832. The van der Waals surface area contributed by atoms with Crippen molar-refractivity contribution in [2.45, 2.75) is 43.5 Å². The zero-order valence-corrected chi connectivity index (χ0v) is 13.8. The third-order valence-corrected chi connectivity index (χ3v) is 6.16. The number of alkyl halides is 1. The topological polar surface area (TPSA) is 75.3 Å². The van der Waals surface area contributed by atoms with Gasteiger partial charge < -0.3 is 5.32 Å². The Bertz CT molecular complexity index is 641. The second-order valence-corrected chi connectivity index (χ2v) is 8.14. The van der Waals surface area contributed by atoms with Gasteiger partial charge in [0.05, 0.1) is 4.90 Å². The average molecular weight is 331 g/mol. The van der Waals surface area contributed by atoms with Crippen LogP contribution >= 0.6 is 11.6 Å². The van der Waals surface area contributed by atoms with E-state index in [4.69, 9.17) is 11.6 Å². The number of hydrogen-bond acceptors (Lipinski definition) is 3. The van der Waals surface area contributed by atoms with Crippen molar-refractivity contribution in [3.05, 3.63) is 24.3 Å². The summed E-state index contributed by atoms with van der Waals surface area (Å²) in [6, 6.07) is 5.90. The summed E-state index contributed by atoms with van der Waals surface area (Å²) in [5.41, 5.74) is 0.302. The Hall–Kier alpha value is -1.11. The Balaban J connectivity index is 2.11. The summed E-state index contributed by atoms with van der Waals surface area (Å²) >= 11 is 6.10. The van der Waals surface area contributed by atoms with Gasteiger partial charge in [-0.1, -0.05) is 13.8 Å². The molecule has 0 aliphatic heterocycles. The normalized spacial score (nSPS) is 24.2. The van der Waals surface area contributed by atoms with Crippen LogP contribution in [0.3, 0.4) is 0 Å². The van der Waals surface area contributed by atoms with Crippen LogP contribution in [0.2, 0.25) is 0 Å². The van der Waals surface area contributed by atoms with Crippen molar-refractivity contribution in [2.75, 3.05) is 5.32 Å². The Morgan fingerprint density at radius 2 is 1.86 bits per heavy atom. The zero-order valence-electron chi connectivity index (χ0n) is 12.2. The molecule has 0 saturated heterocycles. The van der Waals surface area contributed by atoms with Crippen LogP contribution in [0.25, 0.3) is 0 Å². The fraction of sp³-hybridized carbons (Fsp3) is 0.500. The van der Waals surface area contributed by atoms with Crippen LogP contribution in [-0.2, 0) is 14.8 Å². The van der Waals surface area contributed by atoms with Crippen molar-refractivity contribution in [1.29, 1.82) is 0 Å². The fourth-order valence-electron chi connectivity index (χ4n) is 2.25. The number of nitrogens with one attached hydrogen (secondary N) is 2. The Morgan fingerprint density at radius 1 is 1.29 bits per heavy atom. The number of amides is 1. The van der Waals surface area contributed by atoms with Crippen molar-refractivity contribution in [3.8, 4) is 0 Å². The molecule has 5 nitrogen and oxygen atoms in total. The second-order valence-electron chi connectivity index (χ2n) is 5.90. The molecule has 21 heavy (non-hydrogen) atoms. The first-order valence-electron chi connectivity index (χ1n) is 6.67. The van der Waals surface area contributed by atoms with Gasteiger partial charge in [-0.3, -0.25) is 4.79 Å². The molecule has 1 aromatic carbocycles. The number of anilines is 1. The molecule has 0 aromatic heterocycles. The van der Waals surface area contributed by atoms with Crippen molar-refractivity contribution >= 4 is 33.2 Å². The molecule has 1 saturated carbocycles. The van der Waals surface area contributed by atoms with Gasteiger partial charge in [0.15, 0.2) is 0 Å². The van der Waals surface area contributed by atoms with Gasteiger partial charge in [-0.25, -0.2) is 13.1 Å². The molecule has 1 aliphatic carbocycles. The van der Waals surface area contributed by atoms with E-state index in [-0.39, 0.29) is 27.6 Å². The first kappa shape index (κ1) is 16.3. The summed E-state index contributed by atoms with van der Waals surface area (Å²) in [7, 11) is -3.58. The van der Waals surface area contributed by atoms with Crippen LogP contribution in [0, 0.1) is 5.41 Å². The molecule has 1 aliphatic rings. The lowest BCUT2D eigenvalue weighted by Crippen LogP contribution is -2.59. The number of rotatable bonds is 4. The maximum absolute atomic E-state index is 12.3. The molecule has 7 heteroatoms. The smallest absolute Gasteiger partial charge is 0.240 e. The summed E-state index contributed by atoms with van der Waals surface area (Å²) in [5, 5.41) is 2.57. The third-order valence-electron chi connectivity index (χ3n) is 3.93. The molecule has 0 radical (unpaired) electrons. The summed E-state index contributed by atoms with van der Waals surface area (Å²) < 4.78 is 27.3. The van der Waals surface area contributed by atoms with E-state index in [0.29, 0.717) is 12.1 Å². The van der Waals surface area contributed by atoms with Crippen LogP contribution in [0.15, 0.2) is 29.2 Å². The minimum absolute atomic E-state index is 0.0210. The molecule has 0 bridgehead atoms. The lowest BCUT2D eigenvalue weighted by atomic mass is 9.67. The zero-order chi connectivity index (χ0) is 15.8. The summed E-state index contributed by atoms with van der Waals surface area (Å²) in [6.07, 6.45) is 0.623. The number of halogens is 1. The van der Waals surface area contributed by atoms with Gasteiger partial charge in [0.25, 0.3) is 0 Å². The molecule has 2 rings (SSSR count). The monoisotopic (exact) mass is 330 g/mol. The molecular weight excluding hydrogens is 312 g/mol. The van der Waals surface area contributed by atoms with E-state index in [0.717, 1.165) is 0 Å². The van der Waals surface area contributed by atoms with Crippen LogP contribution in [0.5, 0.6) is 0 Å². The summed E-state index contributed by atoms with van der Waals surface area (Å²) in [6.45, 7) is 5.29. The lowest BCUT2D eigenvalue weighted by Gasteiger charge is -2.48. The van der Waals surface area contributed by atoms with E-state index < -0.39 is 10.0 Å². The highest BCUT2D eigenvalue weighted by atomic mass is 35.5. The molecule has 1 fully saturated rings. The first-order valence-corrected chi connectivity index (χ1v) is 8.59. The highest BCUT2D eigenvalue weighted by Crippen LogP contribution is 2.44. The summed E-state index contributed by atoms with van der Waals surface area (Å²) in [5.74, 6) is -0.201. The predicted octanol–water partition coefficient (Wildman–Crippen LogP) is 2.33. The average Bonchev–Trinajstić information content (AvgIpc) is 2.38. The number of hydrogen-bond donors (Lipinski definition) is 2. The molecular formula is C14H19ClN2O3S. The second kappa shape index (κ2) is 5.59. The molecule has 1 aromatic rings. The van der Waals surface area contributed by atoms with Gasteiger partial charge in [-0.2, -0.15) is 0 Å². The van der Waals surface area contributed by atoms with Crippen molar-refractivity contribution < 1.29 is 13.2 Å². The van der Waals surface area contributed by atoms with Gasteiger partial charge in [-0.05, 0) is 36.1 Å². The first-order chi connectivity index (χ1) is 9.63. The van der Waals surface area contributed by atoms with Gasteiger partial charge in [-0.15, -0.1) is 11.6 Å². The lowest BCUT2D eigenvalue weighted by molar-refractivity contribution is -0.114. The number of carbonyl (C=O) groups excluding carboxylic acids is 1. The van der Waals surface area contributed by atoms with Crippen LogP contribution in [0.4, 0.5) is 5.69 Å². The van der Waals surface area contributed by atoms with E-state index >= 15 is 0 Å². The van der Waals surface area contributed by atoms with Gasteiger partial charge in [0.2, 0.25) is 15.9 Å². The minimum atomic E-state index is -3.58. The summed E-state index contributed by atoms with van der Waals surface area (Å²) in [4.78, 5) is 11.1. The molecule has 1 amide bonds. The predicted molar refractivity (Wildman–Crippen MR) is 82.9 cm³/mol. The molecule has 2 atom stereocenters. The molecule has 116 valence electrons. The number of sulfonamides is 1. The van der Waals surface area contributed by atoms with E-state index in [2.05, 4.69) is 10.0 Å². The van der Waals surface area contributed by atoms with E-state index in [1.165, 1.54) is 19.1 Å². The van der Waals surface area contributed by atoms with Gasteiger partial charge in [0, 0.05) is 24.0 Å². The van der Waals surface area contributed by atoms with Crippen molar-refractivity contribution in [2.24, 2.45) is 5.41 Å². The van der Waals surface area contributed by atoms with Crippen molar-refractivity contribution in [1.82, 2.24) is 4.72 Å². The number of benzene rings is 1. The fourth-order valence-corrected chi connectivity index (χ4v) is 3.98. The van der Waals surface area contributed by atoms with Gasteiger partial charge >= 0.3 is 0 Å². The van der Waals surface area contributed by atoms with E-state index in [1.54, 1.807) is 12.1 Å². The van der Waals surface area contributed by atoms with Crippen LogP contribution in [-0.4, -0.2) is 25.7 Å². The SMILES string of the molecule is CC(=O)Nc1ccc(S(=O)(=O)NC2CC(Cl)C2(C)C)cc1. The molecule has 0 heterocycles. The molecule has 2 N–H and O–H groups in total. The Morgan fingerprint density at radius 3 is 2.29 bits per heavy atom. The van der Waals surface area contributed by atoms with Crippen LogP contribution < -0.4 is 10.0 Å². The Labute approximate surface area is 130 Å². The van der Waals surface area contributed by atoms with Crippen molar-refractivity contribution in [3.63, 3.8) is 0 Å². The maximum atomic E-state index is 12.3. The molecule has 0 spiro atoms. The highest BCUT2D eigenvalue weighted by molar-refractivity contribution is 7.89. The largest absolute Gasteiger partial charge is 0.326 e. The van der Waals surface area contributed by atoms with E-state index in [1.807, 2.05) is 13.8 Å². The Kier molecular flexibility index (Phi) is 4.33. The van der Waals surface area contributed by atoms with Crippen LogP contribution in [0.1, 0.15) is 27.2 Å². The third kappa shape index (κ3) is 3.39. The molecule has 2 unspecified atom stereocenters. The minimum Gasteiger partial charge on any atom is -0.326 e. The van der Waals surface area contributed by atoms with Gasteiger partial charge in [0.1, 0.15) is 0 Å². The standard InChI is InChI=1S/C14H19ClN2O3S/c1-9(18)16-10-4-6-11(7-5-10)21(19,20)17-13-8-12(15)14(13,2)3/h4-7,12-13,17H,8H2,1-3H3,(H,16,18).